The maximum Gasteiger partial charge on any atom is 0.177 e. The minimum atomic E-state index is 0.244. The van der Waals surface area contributed by atoms with Crippen molar-refractivity contribution >= 4 is 12.2 Å². The molecule has 0 spiro atoms. The van der Waals surface area contributed by atoms with Crippen molar-refractivity contribution in [3.63, 3.8) is 0 Å². The lowest BCUT2D eigenvalue weighted by molar-refractivity contribution is -0.0280. The third-order valence-electron chi connectivity index (χ3n) is 3.22. The molecule has 0 saturated carbocycles. The molecule has 1 aliphatic heterocycles. The Bertz CT molecular complexity index is 424. The summed E-state index contributed by atoms with van der Waals surface area (Å²) in [6.07, 6.45) is 2.26. The third-order valence-corrected chi connectivity index (χ3v) is 3.56. The van der Waals surface area contributed by atoms with E-state index < -0.39 is 0 Å². The van der Waals surface area contributed by atoms with Gasteiger partial charge in [-0.2, -0.15) is 0 Å². The molecule has 1 fully saturated rings. The summed E-state index contributed by atoms with van der Waals surface area (Å²) in [4.78, 5) is 5.43. The first-order chi connectivity index (χ1) is 8.08. The molecule has 1 aliphatic rings. The lowest BCUT2D eigenvalue weighted by atomic mass is 10.1. The monoisotopic (exact) mass is 255 g/mol. The van der Waals surface area contributed by atoms with Gasteiger partial charge in [-0.3, -0.25) is 0 Å². The first-order valence-corrected chi connectivity index (χ1v) is 6.57. The van der Waals surface area contributed by atoms with Crippen LogP contribution in [0.15, 0.2) is 6.20 Å². The third kappa shape index (κ3) is 2.97. The Kier molecular flexibility index (Phi) is 4.01. The fourth-order valence-electron chi connectivity index (χ4n) is 2.26. The number of morpholine rings is 1. The van der Waals surface area contributed by atoms with Crippen molar-refractivity contribution in [2.24, 2.45) is 0 Å². The molecule has 1 atom stereocenters. The minimum absolute atomic E-state index is 0.244. The number of nitrogens with zero attached hydrogens (tertiary/aromatic N) is 2. The van der Waals surface area contributed by atoms with E-state index in [1.54, 1.807) is 0 Å². The first-order valence-electron chi connectivity index (χ1n) is 6.16. The molecule has 0 aromatic carbocycles. The Morgan fingerprint density at radius 1 is 1.59 bits per heavy atom. The molecule has 0 bridgehead atoms. The van der Waals surface area contributed by atoms with Gasteiger partial charge in [0, 0.05) is 25.0 Å². The number of likely N-dealkylation sites (N-methyl/N-ethyl adjacent to an activating group) is 1. The number of hydrogen-bond donors (Lipinski definition) is 1. The number of H-pyrrole nitrogens is 1. The molecule has 1 aromatic rings. The molecule has 0 amide bonds. The highest BCUT2D eigenvalue weighted by Crippen LogP contribution is 2.16. The van der Waals surface area contributed by atoms with Crippen LogP contribution >= 0.6 is 12.2 Å². The highest BCUT2D eigenvalue weighted by Gasteiger charge is 2.20. The van der Waals surface area contributed by atoms with E-state index in [2.05, 4.69) is 35.3 Å². The summed E-state index contributed by atoms with van der Waals surface area (Å²) in [6.45, 7) is 8.03. The Morgan fingerprint density at radius 3 is 3.00 bits per heavy atom. The normalized spacial score (nSPS) is 22.2. The molecule has 1 unspecified atom stereocenters. The minimum Gasteiger partial charge on any atom is -0.374 e. The van der Waals surface area contributed by atoms with Gasteiger partial charge >= 0.3 is 0 Å². The second-order valence-electron chi connectivity index (χ2n) is 5.04. The average molecular weight is 255 g/mol. The van der Waals surface area contributed by atoms with Crippen LogP contribution in [0, 0.1) is 4.77 Å². The summed E-state index contributed by atoms with van der Waals surface area (Å²) < 4.78 is 8.76. The zero-order chi connectivity index (χ0) is 12.4. The molecule has 0 aliphatic carbocycles. The summed E-state index contributed by atoms with van der Waals surface area (Å²) in [5.74, 6) is 0.476. The summed E-state index contributed by atoms with van der Waals surface area (Å²) in [5, 5.41) is 0. The van der Waals surface area contributed by atoms with Gasteiger partial charge in [0.15, 0.2) is 4.77 Å². The second-order valence-corrected chi connectivity index (χ2v) is 5.43. The molecule has 17 heavy (non-hydrogen) atoms. The van der Waals surface area contributed by atoms with Crippen molar-refractivity contribution < 1.29 is 4.74 Å². The molecule has 96 valence electrons. The van der Waals surface area contributed by atoms with Gasteiger partial charge in [-0.05, 0) is 25.2 Å². The average Bonchev–Trinajstić information content (AvgIpc) is 2.61. The number of hydrogen-bond acceptors (Lipinski definition) is 3. The fourth-order valence-corrected chi connectivity index (χ4v) is 2.50. The molecule has 5 heteroatoms. The Balaban J connectivity index is 2.12. The van der Waals surface area contributed by atoms with Crippen molar-refractivity contribution in [1.82, 2.24) is 14.5 Å². The zero-order valence-electron chi connectivity index (χ0n) is 10.8. The Labute approximate surface area is 108 Å². The van der Waals surface area contributed by atoms with Crippen LogP contribution in [0.3, 0.4) is 0 Å². The van der Waals surface area contributed by atoms with E-state index >= 15 is 0 Å². The molecule has 1 aromatic heterocycles. The van der Waals surface area contributed by atoms with E-state index in [0.717, 1.165) is 31.0 Å². The van der Waals surface area contributed by atoms with Crippen molar-refractivity contribution in [1.29, 1.82) is 0 Å². The number of nitrogens with one attached hydrogen (secondary N) is 1. The molecule has 1 saturated heterocycles. The Hall–Kier alpha value is -0.650. The lowest BCUT2D eigenvalue weighted by Crippen LogP contribution is -2.42. The van der Waals surface area contributed by atoms with Crippen LogP contribution in [-0.2, 0) is 11.3 Å². The smallest absolute Gasteiger partial charge is 0.177 e. The highest BCUT2D eigenvalue weighted by molar-refractivity contribution is 7.71. The van der Waals surface area contributed by atoms with Gasteiger partial charge in [0.25, 0.3) is 0 Å². The standard InChI is InChI=1S/C12H21N3OS/c1-9(2)11-6-13-12(17)15(11)8-10-7-14(3)4-5-16-10/h6,9-10H,4-5,7-8H2,1-3H3,(H,13,17). The van der Waals surface area contributed by atoms with Gasteiger partial charge < -0.3 is 19.2 Å². The van der Waals surface area contributed by atoms with Crippen molar-refractivity contribution in [3.8, 4) is 0 Å². The lowest BCUT2D eigenvalue weighted by Gasteiger charge is -2.30. The number of aromatic nitrogens is 2. The molecular formula is C12H21N3OS. The molecular weight excluding hydrogens is 234 g/mol. The fraction of sp³-hybridized carbons (Fsp3) is 0.750. The number of ether oxygens (including phenoxy) is 1. The predicted molar refractivity (Wildman–Crippen MR) is 70.9 cm³/mol. The molecule has 2 rings (SSSR count). The number of aromatic amines is 1. The van der Waals surface area contributed by atoms with Crippen molar-refractivity contribution in [2.45, 2.75) is 32.4 Å². The number of imidazole rings is 1. The first kappa shape index (κ1) is 12.8. The predicted octanol–water partition coefficient (Wildman–Crippen LogP) is 2.00. The van der Waals surface area contributed by atoms with Crippen LogP contribution in [-0.4, -0.2) is 47.3 Å². The van der Waals surface area contributed by atoms with Crippen LogP contribution in [0.4, 0.5) is 0 Å². The van der Waals surface area contributed by atoms with Gasteiger partial charge in [0.05, 0.1) is 19.3 Å². The quantitative estimate of drug-likeness (QED) is 0.839. The molecule has 1 N–H and O–H groups in total. The van der Waals surface area contributed by atoms with Gasteiger partial charge in [-0.25, -0.2) is 0 Å². The zero-order valence-corrected chi connectivity index (χ0v) is 11.6. The van der Waals surface area contributed by atoms with E-state index in [4.69, 9.17) is 17.0 Å². The van der Waals surface area contributed by atoms with Crippen LogP contribution in [0.2, 0.25) is 0 Å². The Morgan fingerprint density at radius 2 is 2.35 bits per heavy atom. The van der Waals surface area contributed by atoms with Crippen LogP contribution in [0.5, 0.6) is 0 Å². The molecule has 2 heterocycles. The van der Waals surface area contributed by atoms with Gasteiger partial charge in [-0.1, -0.05) is 13.8 Å². The van der Waals surface area contributed by atoms with Gasteiger partial charge in [-0.15, -0.1) is 0 Å². The maximum absolute atomic E-state index is 5.79. The van der Waals surface area contributed by atoms with Gasteiger partial charge in [0.2, 0.25) is 0 Å². The van der Waals surface area contributed by atoms with Crippen LogP contribution < -0.4 is 0 Å². The molecule has 0 radical (unpaired) electrons. The van der Waals surface area contributed by atoms with Gasteiger partial charge in [0.1, 0.15) is 0 Å². The van der Waals surface area contributed by atoms with Crippen LogP contribution in [0.1, 0.15) is 25.5 Å². The van der Waals surface area contributed by atoms with E-state index in [0.29, 0.717) is 5.92 Å². The molecule has 4 nitrogen and oxygen atoms in total. The van der Waals surface area contributed by atoms with E-state index in [9.17, 15) is 0 Å². The second kappa shape index (κ2) is 5.33. The van der Waals surface area contributed by atoms with Crippen molar-refractivity contribution in [3.05, 3.63) is 16.7 Å². The summed E-state index contributed by atoms with van der Waals surface area (Å²) >= 11 is 5.33. The highest BCUT2D eigenvalue weighted by atomic mass is 32.1. The summed E-state index contributed by atoms with van der Waals surface area (Å²) in [5.41, 5.74) is 1.26. The van der Waals surface area contributed by atoms with E-state index in [-0.39, 0.29) is 6.10 Å². The van der Waals surface area contributed by atoms with E-state index in [1.165, 1.54) is 5.69 Å². The maximum atomic E-state index is 5.79. The summed E-state index contributed by atoms with van der Waals surface area (Å²) in [7, 11) is 2.13. The summed E-state index contributed by atoms with van der Waals surface area (Å²) in [6, 6.07) is 0. The van der Waals surface area contributed by atoms with E-state index in [1.807, 2.05) is 6.20 Å². The number of rotatable bonds is 3. The van der Waals surface area contributed by atoms with Crippen LogP contribution in [0.25, 0.3) is 0 Å². The topological polar surface area (TPSA) is 33.2 Å². The SMILES string of the molecule is CC(C)c1c[nH]c(=S)n1CC1CN(C)CCO1. The largest absolute Gasteiger partial charge is 0.374 e. The van der Waals surface area contributed by atoms with Crippen molar-refractivity contribution in [2.75, 3.05) is 26.7 Å².